The molecule has 2 nitrogen and oxygen atoms in total. The summed E-state index contributed by atoms with van der Waals surface area (Å²) in [6.07, 6.45) is 3.44. The van der Waals surface area contributed by atoms with Gasteiger partial charge in [-0.15, -0.1) is 0 Å². The fourth-order valence-electron chi connectivity index (χ4n) is 2.64. The second kappa shape index (κ2) is 4.54. The molecule has 1 heterocycles. The van der Waals surface area contributed by atoms with Crippen molar-refractivity contribution in [2.45, 2.75) is 59.9 Å². The summed E-state index contributed by atoms with van der Waals surface area (Å²) in [5, 5.41) is 0. The Bertz CT molecular complexity index is 229. The number of likely N-dealkylation sites (tertiary alicyclic amines) is 1. The second-order valence-corrected chi connectivity index (χ2v) is 5.86. The lowest BCUT2D eigenvalue weighted by Crippen LogP contribution is -2.47. The van der Waals surface area contributed by atoms with Gasteiger partial charge in [-0.05, 0) is 30.6 Å². The van der Waals surface area contributed by atoms with E-state index in [1.165, 1.54) is 12.8 Å². The molecule has 0 aliphatic carbocycles. The Balaban J connectivity index is 2.67. The summed E-state index contributed by atoms with van der Waals surface area (Å²) in [6.45, 7) is 11.8. The summed E-state index contributed by atoms with van der Waals surface area (Å²) in [4.78, 5) is 13.5. The highest BCUT2D eigenvalue weighted by Gasteiger charge is 2.34. The molecular formula is C13H25NO. The van der Waals surface area contributed by atoms with Gasteiger partial charge < -0.3 is 4.90 Å². The Morgan fingerprint density at radius 2 is 2.00 bits per heavy atom. The number of carbonyl (C=O) groups is 1. The molecule has 0 saturated carbocycles. The van der Waals surface area contributed by atoms with Gasteiger partial charge in [-0.25, -0.2) is 0 Å². The summed E-state index contributed by atoms with van der Waals surface area (Å²) in [5.41, 5.74) is 0.385. The minimum Gasteiger partial charge on any atom is -0.340 e. The van der Waals surface area contributed by atoms with Crippen LogP contribution in [0, 0.1) is 11.3 Å². The van der Waals surface area contributed by atoms with E-state index >= 15 is 0 Å². The van der Waals surface area contributed by atoms with E-state index in [1.54, 1.807) is 6.92 Å². The molecule has 2 heteroatoms. The number of amides is 1. The second-order valence-electron chi connectivity index (χ2n) is 5.86. The summed E-state index contributed by atoms with van der Waals surface area (Å²) in [6, 6.07) is 0.473. The molecule has 0 bridgehead atoms. The molecule has 1 aliphatic heterocycles. The van der Waals surface area contributed by atoms with Crippen molar-refractivity contribution in [3.05, 3.63) is 0 Å². The van der Waals surface area contributed by atoms with Gasteiger partial charge in [0.2, 0.25) is 5.91 Å². The normalized spacial score (nSPS) is 27.9. The predicted octanol–water partition coefficient (Wildman–Crippen LogP) is 3.07. The monoisotopic (exact) mass is 211 g/mol. The Morgan fingerprint density at radius 1 is 1.40 bits per heavy atom. The maximum Gasteiger partial charge on any atom is 0.219 e. The number of carbonyl (C=O) groups excluding carboxylic acids is 1. The number of rotatable bonds is 1. The first kappa shape index (κ1) is 12.5. The van der Waals surface area contributed by atoms with E-state index in [0.29, 0.717) is 11.5 Å². The zero-order valence-corrected chi connectivity index (χ0v) is 10.8. The van der Waals surface area contributed by atoms with Gasteiger partial charge in [-0.2, -0.15) is 0 Å². The zero-order chi connectivity index (χ0) is 11.6. The highest BCUT2D eigenvalue weighted by Crippen LogP contribution is 2.37. The van der Waals surface area contributed by atoms with Crippen LogP contribution in [-0.4, -0.2) is 23.4 Å². The SMILES string of the molecule is CC[C@@H]1C[C@@H](C(C)(C)C)CCN1C(C)=O. The van der Waals surface area contributed by atoms with E-state index in [0.717, 1.165) is 18.9 Å². The topological polar surface area (TPSA) is 20.3 Å². The van der Waals surface area contributed by atoms with E-state index in [2.05, 4.69) is 32.6 Å². The molecule has 1 aliphatic rings. The van der Waals surface area contributed by atoms with E-state index in [1.807, 2.05) is 0 Å². The number of hydrogen-bond acceptors (Lipinski definition) is 1. The van der Waals surface area contributed by atoms with Gasteiger partial charge in [0.1, 0.15) is 0 Å². The van der Waals surface area contributed by atoms with Gasteiger partial charge in [0.15, 0.2) is 0 Å². The number of hydrogen-bond donors (Lipinski definition) is 0. The smallest absolute Gasteiger partial charge is 0.219 e. The lowest BCUT2D eigenvalue weighted by Gasteiger charge is -2.43. The molecule has 0 aromatic heterocycles. The summed E-state index contributed by atoms with van der Waals surface area (Å²) in [5.74, 6) is 1.01. The highest BCUT2D eigenvalue weighted by molar-refractivity contribution is 5.73. The first-order chi connectivity index (χ1) is 6.86. The van der Waals surface area contributed by atoms with Crippen molar-refractivity contribution in [3.8, 4) is 0 Å². The first-order valence-electron chi connectivity index (χ1n) is 6.13. The highest BCUT2D eigenvalue weighted by atomic mass is 16.2. The van der Waals surface area contributed by atoms with Gasteiger partial charge in [0.05, 0.1) is 0 Å². The minimum atomic E-state index is 0.245. The summed E-state index contributed by atoms with van der Waals surface area (Å²) >= 11 is 0. The number of piperidine rings is 1. The molecule has 0 aromatic rings. The Labute approximate surface area is 94.0 Å². The third kappa shape index (κ3) is 2.96. The van der Waals surface area contributed by atoms with Crippen molar-refractivity contribution in [2.24, 2.45) is 11.3 Å². The molecule has 1 fully saturated rings. The maximum atomic E-state index is 11.5. The Morgan fingerprint density at radius 3 is 2.40 bits per heavy atom. The molecule has 0 aromatic carbocycles. The van der Waals surface area contributed by atoms with Crippen LogP contribution in [0.1, 0.15) is 53.9 Å². The van der Waals surface area contributed by atoms with Crippen molar-refractivity contribution in [2.75, 3.05) is 6.54 Å². The van der Waals surface area contributed by atoms with Gasteiger partial charge in [0.25, 0.3) is 0 Å². The van der Waals surface area contributed by atoms with Crippen molar-refractivity contribution in [1.29, 1.82) is 0 Å². The standard InChI is InChI=1S/C13H25NO/c1-6-12-9-11(13(3,4)5)7-8-14(12)10(2)15/h11-12H,6-9H2,1-5H3/t11-,12+/m0/s1. The average Bonchev–Trinajstić information content (AvgIpc) is 2.15. The molecule has 2 atom stereocenters. The number of nitrogens with zero attached hydrogens (tertiary/aromatic N) is 1. The van der Waals surface area contributed by atoms with Crippen LogP contribution in [0.25, 0.3) is 0 Å². The van der Waals surface area contributed by atoms with E-state index in [4.69, 9.17) is 0 Å². The quantitative estimate of drug-likeness (QED) is 0.652. The van der Waals surface area contributed by atoms with E-state index in [9.17, 15) is 4.79 Å². The third-order valence-corrected chi connectivity index (χ3v) is 3.82. The Kier molecular flexibility index (Phi) is 3.80. The van der Waals surface area contributed by atoms with Crippen molar-refractivity contribution in [1.82, 2.24) is 4.90 Å². The van der Waals surface area contributed by atoms with Gasteiger partial charge in [0, 0.05) is 19.5 Å². The largest absolute Gasteiger partial charge is 0.340 e. The van der Waals surface area contributed by atoms with Crippen molar-refractivity contribution >= 4 is 5.91 Å². The fraction of sp³-hybridized carbons (Fsp3) is 0.923. The van der Waals surface area contributed by atoms with Crippen LogP contribution in [0.15, 0.2) is 0 Å². The van der Waals surface area contributed by atoms with Gasteiger partial charge in [-0.1, -0.05) is 27.7 Å². The molecule has 1 amide bonds. The third-order valence-electron chi connectivity index (χ3n) is 3.82. The van der Waals surface area contributed by atoms with Crippen LogP contribution < -0.4 is 0 Å². The summed E-state index contributed by atoms with van der Waals surface area (Å²) in [7, 11) is 0. The lowest BCUT2D eigenvalue weighted by molar-refractivity contribution is -0.134. The minimum absolute atomic E-state index is 0.245. The van der Waals surface area contributed by atoms with Gasteiger partial charge >= 0.3 is 0 Å². The van der Waals surface area contributed by atoms with E-state index in [-0.39, 0.29) is 5.91 Å². The molecule has 0 unspecified atom stereocenters. The molecule has 88 valence electrons. The molecule has 0 radical (unpaired) electrons. The van der Waals surface area contributed by atoms with Crippen molar-refractivity contribution in [3.63, 3.8) is 0 Å². The van der Waals surface area contributed by atoms with Crippen LogP contribution in [0.3, 0.4) is 0 Å². The van der Waals surface area contributed by atoms with Crippen molar-refractivity contribution < 1.29 is 4.79 Å². The maximum absolute atomic E-state index is 11.5. The average molecular weight is 211 g/mol. The zero-order valence-electron chi connectivity index (χ0n) is 10.8. The molecule has 0 N–H and O–H groups in total. The van der Waals surface area contributed by atoms with E-state index < -0.39 is 0 Å². The van der Waals surface area contributed by atoms with Gasteiger partial charge in [-0.3, -0.25) is 4.79 Å². The van der Waals surface area contributed by atoms with Crippen LogP contribution in [-0.2, 0) is 4.79 Å². The summed E-state index contributed by atoms with van der Waals surface area (Å²) < 4.78 is 0. The first-order valence-corrected chi connectivity index (χ1v) is 6.13. The fourth-order valence-corrected chi connectivity index (χ4v) is 2.64. The molecule has 15 heavy (non-hydrogen) atoms. The molecule has 0 spiro atoms. The van der Waals surface area contributed by atoms with Crippen LogP contribution in [0.2, 0.25) is 0 Å². The Hall–Kier alpha value is -0.530. The van der Waals surface area contributed by atoms with Crippen LogP contribution in [0.4, 0.5) is 0 Å². The molecule has 1 saturated heterocycles. The molecule has 1 rings (SSSR count). The predicted molar refractivity (Wildman–Crippen MR) is 63.6 cm³/mol. The molecular weight excluding hydrogens is 186 g/mol. The van der Waals surface area contributed by atoms with Crippen LogP contribution in [0.5, 0.6) is 0 Å². The van der Waals surface area contributed by atoms with Crippen LogP contribution >= 0.6 is 0 Å². The lowest BCUT2D eigenvalue weighted by atomic mass is 9.73.